The minimum Gasteiger partial charge on any atom is -0.253 e. The van der Waals surface area contributed by atoms with E-state index in [4.69, 9.17) is 0 Å². The Morgan fingerprint density at radius 3 is 2.80 bits per heavy atom. The molecule has 1 aromatic heterocycles. The van der Waals surface area contributed by atoms with Crippen LogP contribution in [0.25, 0.3) is 10.9 Å². The molecule has 2 aromatic rings. The highest BCUT2D eigenvalue weighted by molar-refractivity contribution is 5.91. The minimum absolute atomic E-state index is 0.635. The summed E-state index contributed by atoms with van der Waals surface area (Å²) in [6.45, 7) is 3.87. The molecule has 0 amide bonds. The van der Waals surface area contributed by atoms with Crippen molar-refractivity contribution in [2.45, 2.75) is 13.8 Å². The van der Waals surface area contributed by atoms with Crippen LogP contribution in [0.2, 0.25) is 0 Å². The van der Waals surface area contributed by atoms with Crippen molar-refractivity contribution in [3.63, 3.8) is 0 Å². The summed E-state index contributed by atoms with van der Waals surface area (Å²) in [6.07, 6.45) is 1.57. The van der Waals surface area contributed by atoms with Crippen LogP contribution in [0.15, 0.2) is 29.3 Å². The lowest BCUT2D eigenvalue weighted by molar-refractivity contribution is 0.565. The number of aryl methyl sites for hydroxylation is 2. The maximum Gasteiger partial charge on any atom is 0.240 e. The third kappa shape index (κ3) is 1.78. The summed E-state index contributed by atoms with van der Waals surface area (Å²) in [5, 5.41) is 0.893. The number of fused-ring (bicyclic) bond motifs is 1. The van der Waals surface area contributed by atoms with Crippen LogP contribution in [0, 0.1) is 13.8 Å². The molecule has 2 rings (SSSR count). The number of rotatable bonds is 1. The van der Waals surface area contributed by atoms with Crippen molar-refractivity contribution in [3.8, 4) is 0 Å². The average molecular weight is 198 g/mol. The van der Waals surface area contributed by atoms with Crippen LogP contribution in [0.1, 0.15) is 11.3 Å². The predicted octanol–water partition coefficient (Wildman–Crippen LogP) is 2.82. The lowest BCUT2D eigenvalue weighted by Gasteiger charge is -2.03. The molecule has 1 heterocycles. The quantitative estimate of drug-likeness (QED) is 0.522. The Bertz CT molecular complexity index is 569. The zero-order valence-electron chi connectivity index (χ0n) is 8.61. The van der Waals surface area contributed by atoms with Gasteiger partial charge in [0.25, 0.3) is 0 Å². The zero-order chi connectivity index (χ0) is 10.8. The van der Waals surface area contributed by atoms with Crippen molar-refractivity contribution < 1.29 is 4.79 Å². The highest BCUT2D eigenvalue weighted by Gasteiger charge is 2.03. The molecule has 0 radical (unpaired) electrons. The van der Waals surface area contributed by atoms with Gasteiger partial charge in [-0.15, -0.1) is 0 Å². The van der Waals surface area contributed by atoms with Crippen LogP contribution in [0.4, 0.5) is 5.69 Å². The van der Waals surface area contributed by atoms with Crippen LogP contribution in [-0.2, 0) is 4.79 Å². The van der Waals surface area contributed by atoms with Crippen LogP contribution in [0.5, 0.6) is 0 Å². The Labute approximate surface area is 87.5 Å². The van der Waals surface area contributed by atoms with Gasteiger partial charge in [-0.2, -0.15) is 4.99 Å². The maximum atomic E-state index is 10.3. The first-order valence-corrected chi connectivity index (χ1v) is 4.66. The standard InChI is InChI=1S/C12H10N2O/c1-8-3-4-11-10(5-8)12(13-7-15)6-9(2)14-11/h3-6H,1-2H3. The molecule has 0 aliphatic heterocycles. The van der Waals surface area contributed by atoms with Gasteiger partial charge in [-0.1, -0.05) is 11.6 Å². The molecule has 15 heavy (non-hydrogen) atoms. The highest BCUT2D eigenvalue weighted by atomic mass is 16.1. The van der Waals surface area contributed by atoms with Crippen LogP contribution >= 0.6 is 0 Å². The van der Waals surface area contributed by atoms with E-state index in [9.17, 15) is 4.79 Å². The summed E-state index contributed by atoms with van der Waals surface area (Å²) < 4.78 is 0. The van der Waals surface area contributed by atoms with E-state index in [-0.39, 0.29) is 0 Å². The Morgan fingerprint density at radius 2 is 2.07 bits per heavy atom. The topological polar surface area (TPSA) is 42.3 Å². The van der Waals surface area contributed by atoms with Crippen molar-refractivity contribution in [1.82, 2.24) is 4.98 Å². The Balaban J connectivity index is 2.87. The third-order valence-corrected chi connectivity index (χ3v) is 2.24. The third-order valence-electron chi connectivity index (χ3n) is 2.24. The van der Waals surface area contributed by atoms with Gasteiger partial charge in [0, 0.05) is 11.1 Å². The number of hydrogen-bond donors (Lipinski definition) is 0. The van der Waals surface area contributed by atoms with Crippen LogP contribution in [-0.4, -0.2) is 11.1 Å². The van der Waals surface area contributed by atoms with Gasteiger partial charge in [0.15, 0.2) is 0 Å². The lowest BCUT2D eigenvalue weighted by Crippen LogP contribution is -1.85. The SMILES string of the molecule is Cc1ccc2nc(C)cc(N=C=O)c2c1. The van der Waals surface area contributed by atoms with Gasteiger partial charge in [0.2, 0.25) is 6.08 Å². The number of benzene rings is 1. The molecule has 0 atom stereocenters. The summed E-state index contributed by atoms with van der Waals surface area (Å²) in [5.41, 5.74) is 3.46. The normalized spacial score (nSPS) is 10.0. The summed E-state index contributed by atoms with van der Waals surface area (Å²) in [6, 6.07) is 7.68. The molecule has 0 saturated heterocycles. The summed E-state index contributed by atoms with van der Waals surface area (Å²) in [7, 11) is 0. The number of pyridine rings is 1. The lowest BCUT2D eigenvalue weighted by atomic mass is 10.1. The molecule has 0 bridgehead atoms. The first-order valence-electron chi connectivity index (χ1n) is 4.66. The molecule has 0 aliphatic rings. The van der Waals surface area contributed by atoms with Gasteiger partial charge in [0.05, 0.1) is 11.2 Å². The molecule has 0 spiro atoms. The fraction of sp³-hybridized carbons (Fsp3) is 0.167. The summed E-state index contributed by atoms with van der Waals surface area (Å²) in [5.74, 6) is 0. The van der Waals surface area contributed by atoms with E-state index >= 15 is 0 Å². The Kier molecular flexibility index (Phi) is 2.32. The molecular weight excluding hydrogens is 188 g/mol. The largest absolute Gasteiger partial charge is 0.253 e. The van der Waals surface area contributed by atoms with E-state index in [1.165, 1.54) is 0 Å². The van der Waals surface area contributed by atoms with E-state index in [0.29, 0.717) is 5.69 Å². The van der Waals surface area contributed by atoms with E-state index in [0.717, 1.165) is 22.2 Å². The number of nitrogens with zero attached hydrogens (tertiary/aromatic N) is 2. The number of isocyanates is 1. The molecule has 0 N–H and O–H groups in total. The van der Waals surface area contributed by atoms with Crippen molar-refractivity contribution in [3.05, 3.63) is 35.5 Å². The van der Waals surface area contributed by atoms with Crippen LogP contribution in [0.3, 0.4) is 0 Å². The van der Waals surface area contributed by atoms with E-state index in [2.05, 4.69) is 9.98 Å². The summed E-state index contributed by atoms with van der Waals surface area (Å²) in [4.78, 5) is 18.4. The first-order chi connectivity index (χ1) is 7.20. The van der Waals surface area contributed by atoms with Crippen molar-refractivity contribution in [1.29, 1.82) is 0 Å². The maximum absolute atomic E-state index is 10.3. The number of hydrogen-bond acceptors (Lipinski definition) is 3. The number of carbonyl (C=O) groups excluding carboxylic acids is 1. The second-order valence-corrected chi connectivity index (χ2v) is 3.51. The van der Waals surface area contributed by atoms with Gasteiger partial charge in [-0.25, -0.2) is 4.79 Å². The van der Waals surface area contributed by atoms with E-state index in [1.807, 2.05) is 32.0 Å². The second kappa shape index (κ2) is 3.64. The van der Waals surface area contributed by atoms with Gasteiger partial charge >= 0.3 is 0 Å². The van der Waals surface area contributed by atoms with Gasteiger partial charge in [0.1, 0.15) is 0 Å². The van der Waals surface area contributed by atoms with Crippen molar-refractivity contribution >= 4 is 22.7 Å². The zero-order valence-corrected chi connectivity index (χ0v) is 8.61. The van der Waals surface area contributed by atoms with Crippen molar-refractivity contribution in [2.24, 2.45) is 4.99 Å². The molecule has 0 saturated carbocycles. The van der Waals surface area contributed by atoms with E-state index in [1.54, 1.807) is 12.1 Å². The Morgan fingerprint density at radius 1 is 1.27 bits per heavy atom. The molecule has 3 nitrogen and oxygen atoms in total. The first kappa shape index (κ1) is 9.56. The Hall–Kier alpha value is -1.99. The number of aromatic nitrogens is 1. The van der Waals surface area contributed by atoms with Crippen molar-refractivity contribution in [2.75, 3.05) is 0 Å². The van der Waals surface area contributed by atoms with Gasteiger partial charge in [-0.3, -0.25) is 4.98 Å². The molecular formula is C12H10N2O. The fourth-order valence-corrected chi connectivity index (χ4v) is 1.59. The predicted molar refractivity (Wildman–Crippen MR) is 59.0 cm³/mol. The number of aliphatic imine (C=N–C) groups is 1. The smallest absolute Gasteiger partial charge is 0.240 e. The average Bonchev–Trinajstić information content (AvgIpc) is 2.19. The molecule has 74 valence electrons. The van der Waals surface area contributed by atoms with Gasteiger partial charge in [-0.05, 0) is 32.0 Å². The molecule has 0 unspecified atom stereocenters. The van der Waals surface area contributed by atoms with Crippen LogP contribution < -0.4 is 0 Å². The molecule has 3 heteroatoms. The van der Waals surface area contributed by atoms with E-state index < -0.39 is 0 Å². The monoisotopic (exact) mass is 198 g/mol. The molecule has 0 fully saturated rings. The highest BCUT2D eigenvalue weighted by Crippen LogP contribution is 2.26. The van der Waals surface area contributed by atoms with Gasteiger partial charge < -0.3 is 0 Å². The fourth-order valence-electron chi connectivity index (χ4n) is 1.59. The molecule has 1 aromatic carbocycles. The minimum atomic E-state index is 0.635. The summed E-state index contributed by atoms with van der Waals surface area (Å²) >= 11 is 0. The molecule has 0 aliphatic carbocycles. The second-order valence-electron chi connectivity index (χ2n) is 3.51.